The van der Waals surface area contributed by atoms with Gasteiger partial charge in [0, 0.05) is 23.3 Å². The number of nitrogens with zero attached hydrogens (tertiary/aromatic N) is 2. The van der Waals surface area contributed by atoms with E-state index >= 15 is 0 Å². The number of phenols is 1. The van der Waals surface area contributed by atoms with E-state index in [1.54, 1.807) is 12.4 Å². The van der Waals surface area contributed by atoms with Crippen LogP contribution in [0.2, 0.25) is 0 Å². The normalized spacial score (nSPS) is 12.1. The van der Waals surface area contributed by atoms with E-state index in [-0.39, 0.29) is 17.9 Å². The Bertz CT molecular complexity index is 1100. The number of aromatic nitrogens is 2. The van der Waals surface area contributed by atoms with Crippen molar-refractivity contribution in [1.29, 1.82) is 0 Å². The van der Waals surface area contributed by atoms with E-state index in [4.69, 9.17) is 4.74 Å². The molecule has 2 aromatic carbocycles. The Morgan fingerprint density at radius 3 is 2.38 bits per heavy atom. The van der Waals surface area contributed by atoms with Crippen LogP contribution in [0.5, 0.6) is 11.5 Å². The maximum absolute atomic E-state index is 11.0. The number of benzene rings is 2. The van der Waals surface area contributed by atoms with Gasteiger partial charge in [-0.15, -0.1) is 0 Å². The van der Waals surface area contributed by atoms with Crippen LogP contribution in [0, 0.1) is 0 Å². The molecule has 146 valence electrons. The number of pyridine rings is 2. The lowest BCUT2D eigenvalue weighted by Gasteiger charge is -2.22. The van der Waals surface area contributed by atoms with Gasteiger partial charge in [-0.25, -0.2) is 4.98 Å². The lowest BCUT2D eigenvalue weighted by Crippen LogP contribution is -2.14. The zero-order chi connectivity index (χ0) is 20.2. The van der Waals surface area contributed by atoms with Gasteiger partial charge in [-0.1, -0.05) is 36.4 Å². The van der Waals surface area contributed by atoms with Crippen LogP contribution < -0.4 is 10.1 Å². The molecule has 4 rings (SSSR count). The predicted octanol–water partition coefficient (Wildman–Crippen LogP) is 5.32. The van der Waals surface area contributed by atoms with Crippen LogP contribution in [-0.2, 0) is 0 Å². The zero-order valence-corrected chi connectivity index (χ0v) is 16.4. The minimum absolute atomic E-state index is 0.110. The van der Waals surface area contributed by atoms with Crippen molar-refractivity contribution in [2.45, 2.75) is 26.0 Å². The van der Waals surface area contributed by atoms with Crippen molar-refractivity contribution >= 4 is 16.7 Å². The average molecular weight is 385 g/mol. The smallest absolute Gasteiger partial charge is 0.147 e. The third kappa shape index (κ3) is 4.14. The Morgan fingerprint density at radius 2 is 1.66 bits per heavy atom. The van der Waals surface area contributed by atoms with Crippen molar-refractivity contribution in [3.05, 3.63) is 90.3 Å². The fourth-order valence-corrected chi connectivity index (χ4v) is 3.33. The van der Waals surface area contributed by atoms with Gasteiger partial charge in [0.25, 0.3) is 0 Å². The SMILES string of the molecule is CC(C)Oc1ccc(C(Nc2ccccn2)c2ccc3cccnc3c2O)cc1. The molecular formula is C24H23N3O2. The summed E-state index contributed by atoms with van der Waals surface area (Å²) in [6.45, 7) is 4.00. The molecule has 0 aliphatic rings. The monoisotopic (exact) mass is 385 g/mol. The van der Waals surface area contributed by atoms with Crippen molar-refractivity contribution < 1.29 is 9.84 Å². The molecule has 0 saturated heterocycles. The highest BCUT2D eigenvalue weighted by Crippen LogP contribution is 2.36. The number of rotatable bonds is 6. The largest absolute Gasteiger partial charge is 0.505 e. The lowest BCUT2D eigenvalue weighted by atomic mass is 9.96. The van der Waals surface area contributed by atoms with Crippen molar-refractivity contribution in [3.8, 4) is 11.5 Å². The molecule has 1 atom stereocenters. The van der Waals surface area contributed by atoms with Crippen molar-refractivity contribution in [3.63, 3.8) is 0 Å². The number of anilines is 1. The zero-order valence-electron chi connectivity index (χ0n) is 16.4. The van der Waals surface area contributed by atoms with Crippen molar-refractivity contribution in [1.82, 2.24) is 9.97 Å². The maximum Gasteiger partial charge on any atom is 0.147 e. The number of fused-ring (bicyclic) bond motifs is 1. The molecule has 0 amide bonds. The molecule has 1 unspecified atom stereocenters. The quantitative estimate of drug-likeness (QED) is 0.470. The fourth-order valence-electron chi connectivity index (χ4n) is 3.33. The Morgan fingerprint density at radius 1 is 0.862 bits per heavy atom. The molecule has 0 saturated carbocycles. The molecule has 2 heterocycles. The summed E-state index contributed by atoms with van der Waals surface area (Å²) in [7, 11) is 0. The molecule has 0 aliphatic heterocycles. The van der Waals surface area contributed by atoms with Gasteiger partial charge in [0.2, 0.25) is 0 Å². The Balaban J connectivity index is 1.77. The number of nitrogens with one attached hydrogen (secondary N) is 1. The molecule has 0 aliphatic carbocycles. The number of ether oxygens (including phenoxy) is 1. The van der Waals surface area contributed by atoms with Crippen LogP contribution >= 0.6 is 0 Å². The highest BCUT2D eigenvalue weighted by atomic mass is 16.5. The van der Waals surface area contributed by atoms with E-state index in [0.717, 1.165) is 28.1 Å². The van der Waals surface area contributed by atoms with Crippen LogP contribution in [0.1, 0.15) is 31.0 Å². The Kier molecular flexibility index (Phi) is 5.29. The molecule has 29 heavy (non-hydrogen) atoms. The summed E-state index contributed by atoms with van der Waals surface area (Å²) >= 11 is 0. The maximum atomic E-state index is 11.0. The second-order valence-corrected chi connectivity index (χ2v) is 7.11. The fraction of sp³-hybridized carbons (Fsp3) is 0.167. The van der Waals surface area contributed by atoms with Crippen LogP contribution in [-0.4, -0.2) is 21.2 Å². The van der Waals surface area contributed by atoms with Crippen LogP contribution in [0.3, 0.4) is 0 Å². The van der Waals surface area contributed by atoms with E-state index in [1.807, 2.05) is 80.6 Å². The molecule has 0 bridgehead atoms. The summed E-state index contributed by atoms with van der Waals surface area (Å²) in [6, 6.07) is 21.0. The summed E-state index contributed by atoms with van der Waals surface area (Å²) < 4.78 is 5.76. The average Bonchev–Trinajstić information content (AvgIpc) is 2.74. The summed E-state index contributed by atoms with van der Waals surface area (Å²) in [5.74, 6) is 1.70. The minimum Gasteiger partial charge on any atom is -0.505 e. The topological polar surface area (TPSA) is 67.3 Å². The number of phenolic OH excluding ortho intramolecular Hbond substituents is 1. The molecule has 5 heteroatoms. The molecule has 4 aromatic rings. The first kappa shape index (κ1) is 18.7. The van der Waals surface area contributed by atoms with Crippen LogP contribution in [0.25, 0.3) is 10.9 Å². The van der Waals surface area contributed by atoms with Gasteiger partial charge >= 0.3 is 0 Å². The van der Waals surface area contributed by atoms with E-state index in [1.165, 1.54) is 0 Å². The van der Waals surface area contributed by atoms with Crippen LogP contribution in [0.15, 0.2) is 79.1 Å². The van der Waals surface area contributed by atoms with Gasteiger partial charge in [-0.3, -0.25) is 4.98 Å². The molecule has 0 spiro atoms. The molecule has 2 N–H and O–H groups in total. The van der Waals surface area contributed by atoms with Gasteiger partial charge in [0.05, 0.1) is 12.1 Å². The van der Waals surface area contributed by atoms with E-state index < -0.39 is 0 Å². The molecular weight excluding hydrogens is 362 g/mol. The van der Waals surface area contributed by atoms with Gasteiger partial charge in [0.1, 0.15) is 22.8 Å². The Labute approximate surface area is 170 Å². The number of hydrogen-bond acceptors (Lipinski definition) is 5. The summed E-state index contributed by atoms with van der Waals surface area (Å²) in [5.41, 5.74) is 2.30. The first-order chi connectivity index (χ1) is 14.1. The van der Waals surface area contributed by atoms with Gasteiger partial charge < -0.3 is 15.2 Å². The first-order valence-corrected chi connectivity index (χ1v) is 9.62. The minimum atomic E-state index is -0.301. The number of aromatic hydroxyl groups is 1. The van der Waals surface area contributed by atoms with E-state index in [0.29, 0.717) is 5.52 Å². The third-order valence-corrected chi connectivity index (χ3v) is 4.63. The van der Waals surface area contributed by atoms with Gasteiger partial charge in [-0.05, 0) is 49.7 Å². The summed E-state index contributed by atoms with van der Waals surface area (Å²) in [4.78, 5) is 8.74. The predicted molar refractivity (Wildman–Crippen MR) is 115 cm³/mol. The molecule has 2 aromatic heterocycles. The highest BCUT2D eigenvalue weighted by Gasteiger charge is 2.20. The molecule has 0 radical (unpaired) electrons. The van der Waals surface area contributed by atoms with Crippen molar-refractivity contribution in [2.75, 3.05) is 5.32 Å². The first-order valence-electron chi connectivity index (χ1n) is 9.62. The van der Waals surface area contributed by atoms with E-state index in [2.05, 4.69) is 15.3 Å². The number of hydrogen-bond donors (Lipinski definition) is 2. The lowest BCUT2D eigenvalue weighted by molar-refractivity contribution is 0.242. The molecule has 0 fully saturated rings. The second kappa shape index (κ2) is 8.19. The van der Waals surface area contributed by atoms with Crippen LogP contribution in [0.4, 0.5) is 5.82 Å². The van der Waals surface area contributed by atoms with Gasteiger partial charge in [0.15, 0.2) is 0 Å². The standard InChI is InChI=1S/C24H23N3O2/c1-16(2)29-19-11-8-18(9-12-19)22(27-21-7-3-4-14-25-21)20-13-10-17-6-5-15-26-23(17)24(20)28/h3-16,22,28H,1-2H3,(H,25,27). The van der Waals surface area contributed by atoms with Crippen molar-refractivity contribution in [2.24, 2.45) is 0 Å². The summed E-state index contributed by atoms with van der Waals surface area (Å²) in [5, 5.41) is 15.3. The van der Waals surface area contributed by atoms with Gasteiger partial charge in [-0.2, -0.15) is 0 Å². The highest BCUT2D eigenvalue weighted by molar-refractivity contribution is 5.86. The third-order valence-electron chi connectivity index (χ3n) is 4.63. The Hall–Kier alpha value is -3.60. The summed E-state index contributed by atoms with van der Waals surface area (Å²) in [6.07, 6.45) is 3.53. The van der Waals surface area contributed by atoms with E-state index in [9.17, 15) is 5.11 Å². The second-order valence-electron chi connectivity index (χ2n) is 7.11. The molecule has 5 nitrogen and oxygen atoms in total.